The highest BCUT2D eigenvalue weighted by atomic mass is 32.2. The van der Waals surface area contributed by atoms with Crippen molar-refractivity contribution in [1.82, 2.24) is 0 Å². The zero-order valence-electron chi connectivity index (χ0n) is 7.95. The first-order valence-corrected chi connectivity index (χ1v) is 5.96. The highest BCUT2D eigenvalue weighted by Crippen LogP contribution is 2.43. The van der Waals surface area contributed by atoms with Gasteiger partial charge in [0.1, 0.15) is 11.4 Å². The molecule has 5 nitrogen and oxygen atoms in total. The SMILES string of the molecule is O=S(=O)(O)c1ccc2c3c(ccc2c1)N=N3. The Morgan fingerprint density at radius 1 is 1.06 bits per heavy atom. The van der Waals surface area contributed by atoms with Gasteiger partial charge in [-0.3, -0.25) is 4.55 Å². The maximum Gasteiger partial charge on any atom is 0.294 e. The van der Waals surface area contributed by atoms with Gasteiger partial charge in [-0.1, -0.05) is 12.1 Å². The Labute approximate surface area is 91.2 Å². The highest BCUT2D eigenvalue weighted by Gasteiger charge is 2.16. The topological polar surface area (TPSA) is 79.1 Å². The minimum atomic E-state index is -4.15. The summed E-state index contributed by atoms with van der Waals surface area (Å²) in [7, 11) is -4.15. The first kappa shape index (κ1) is 9.44. The second kappa shape index (κ2) is 2.87. The van der Waals surface area contributed by atoms with Gasteiger partial charge >= 0.3 is 0 Å². The van der Waals surface area contributed by atoms with E-state index in [-0.39, 0.29) is 4.90 Å². The standard InChI is InChI=1S/C10H6N2O3S/c13-16(14,15)7-2-3-8-6(5-7)1-4-9-10(8)12-11-9/h1-5H,(H,13,14,15). The molecule has 2 aromatic rings. The molecule has 80 valence electrons. The van der Waals surface area contributed by atoms with Crippen LogP contribution in [0.5, 0.6) is 0 Å². The minimum Gasteiger partial charge on any atom is -0.282 e. The molecule has 0 amide bonds. The number of nitrogens with zero attached hydrogens (tertiary/aromatic N) is 2. The Balaban J connectivity index is 2.34. The van der Waals surface area contributed by atoms with Gasteiger partial charge in [0.25, 0.3) is 10.1 Å². The fourth-order valence-corrected chi connectivity index (χ4v) is 2.20. The molecule has 1 N–H and O–H groups in total. The lowest BCUT2D eigenvalue weighted by Crippen LogP contribution is -1.97. The normalized spacial score (nSPS) is 13.6. The lowest BCUT2D eigenvalue weighted by Gasteiger charge is -2.10. The van der Waals surface area contributed by atoms with Gasteiger partial charge in [-0.25, -0.2) is 0 Å². The maximum atomic E-state index is 11.0. The summed E-state index contributed by atoms with van der Waals surface area (Å²) in [4.78, 5) is -0.115. The van der Waals surface area contributed by atoms with E-state index >= 15 is 0 Å². The number of hydrogen-bond donors (Lipinski definition) is 1. The molecule has 0 atom stereocenters. The zero-order valence-corrected chi connectivity index (χ0v) is 8.77. The van der Waals surface area contributed by atoms with Crippen LogP contribution in [0.3, 0.4) is 0 Å². The number of hydrogen-bond acceptors (Lipinski definition) is 4. The van der Waals surface area contributed by atoms with Crippen LogP contribution in [0.25, 0.3) is 10.8 Å². The molecule has 16 heavy (non-hydrogen) atoms. The summed E-state index contributed by atoms with van der Waals surface area (Å²) in [5, 5.41) is 9.23. The fraction of sp³-hybridized carbons (Fsp3) is 0. The molecule has 0 bridgehead atoms. The number of rotatable bonds is 1. The third kappa shape index (κ3) is 1.24. The van der Waals surface area contributed by atoms with Gasteiger partial charge in [-0.15, -0.1) is 10.2 Å². The Morgan fingerprint density at radius 2 is 1.88 bits per heavy atom. The van der Waals surface area contributed by atoms with Crippen molar-refractivity contribution in [1.29, 1.82) is 0 Å². The van der Waals surface area contributed by atoms with Gasteiger partial charge in [-0.2, -0.15) is 8.42 Å². The van der Waals surface area contributed by atoms with Crippen molar-refractivity contribution in [3.63, 3.8) is 0 Å². The van der Waals surface area contributed by atoms with E-state index in [4.69, 9.17) is 4.55 Å². The van der Waals surface area contributed by atoms with Crippen molar-refractivity contribution in [2.45, 2.75) is 4.90 Å². The molecule has 1 aliphatic rings. The van der Waals surface area contributed by atoms with Crippen LogP contribution < -0.4 is 0 Å². The summed E-state index contributed by atoms with van der Waals surface area (Å²) in [5.41, 5.74) is 1.56. The van der Waals surface area contributed by atoms with Crippen LogP contribution in [0.4, 0.5) is 11.4 Å². The Bertz CT molecular complexity index is 735. The van der Waals surface area contributed by atoms with E-state index < -0.39 is 10.1 Å². The predicted molar refractivity (Wildman–Crippen MR) is 57.9 cm³/mol. The number of benzene rings is 2. The first-order chi connectivity index (χ1) is 7.55. The van der Waals surface area contributed by atoms with E-state index in [0.29, 0.717) is 5.39 Å². The maximum absolute atomic E-state index is 11.0. The van der Waals surface area contributed by atoms with Crippen molar-refractivity contribution in [3.8, 4) is 0 Å². The summed E-state index contributed by atoms with van der Waals surface area (Å²) >= 11 is 0. The van der Waals surface area contributed by atoms with Crippen LogP contribution in [-0.4, -0.2) is 13.0 Å². The third-order valence-electron chi connectivity index (χ3n) is 2.50. The molecule has 0 saturated heterocycles. The largest absolute Gasteiger partial charge is 0.294 e. The van der Waals surface area contributed by atoms with E-state index in [9.17, 15) is 8.42 Å². The number of fused-ring (bicyclic) bond motifs is 3. The van der Waals surface area contributed by atoms with Gasteiger partial charge in [0.05, 0.1) is 4.90 Å². The van der Waals surface area contributed by atoms with Crippen LogP contribution in [0, 0.1) is 0 Å². The molecule has 1 aliphatic heterocycles. The molecule has 0 spiro atoms. The number of azo groups is 1. The molecule has 0 fully saturated rings. The van der Waals surface area contributed by atoms with Crippen molar-refractivity contribution in [2.75, 3.05) is 0 Å². The second-order valence-electron chi connectivity index (χ2n) is 3.49. The molecule has 0 aromatic heterocycles. The van der Waals surface area contributed by atoms with E-state index in [2.05, 4.69) is 10.2 Å². The minimum absolute atomic E-state index is 0.115. The van der Waals surface area contributed by atoms with Crippen molar-refractivity contribution < 1.29 is 13.0 Å². The van der Waals surface area contributed by atoms with Gasteiger partial charge in [0.2, 0.25) is 0 Å². The Morgan fingerprint density at radius 3 is 2.50 bits per heavy atom. The molecular formula is C10H6N2O3S. The summed E-state index contributed by atoms with van der Waals surface area (Å²) in [5.74, 6) is 0. The second-order valence-corrected chi connectivity index (χ2v) is 4.91. The molecule has 0 unspecified atom stereocenters. The molecule has 3 rings (SSSR count). The monoisotopic (exact) mass is 234 g/mol. The summed E-state index contributed by atoms with van der Waals surface area (Å²) in [6.45, 7) is 0. The average molecular weight is 234 g/mol. The van der Waals surface area contributed by atoms with Crippen LogP contribution in [0.15, 0.2) is 45.5 Å². The van der Waals surface area contributed by atoms with Crippen molar-refractivity contribution >= 4 is 32.3 Å². The molecular weight excluding hydrogens is 228 g/mol. The summed E-state index contributed by atoms with van der Waals surface area (Å²) < 4.78 is 30.8. The fourth-order valence-electron chi connectivity index (χ4n) is 1.69. The van der Waals surface area contributed by atoms with E-state index in [1.807, 2.05) is 0 Å². The molecule has 0 saturated carbocycles. The lowest BCUT2D eigenvalue weighted by molar-refractivity contribution is 0.483. The molecule has 6 heteroatoms. The predicted octanol–water partition coefficient (Wildman–Crippen LogP) is 2.82. The molecule has 0 aliphatic carbocycles. The van der Waals surface area contributed by atoms with Gasteiger partial charge in [-0.05, 0) is 23.6 Å². The lowest BCUT2D eigenvalue weighted by atomic mass is 10.1. The smallest absolute Gasteiger partial charge is 0.282 e. The van der Waals surface area contributed by atoms with E-state index in [1.54, 1.807) is 18.2 Å². The quantitative estimate of drug-likeness (QED) is 0.657. The third-order valence-corrected chi connectivity index (χ3v) is 3.35. The van der Waals surface area contributed by atoms with Crippen LogP contribution in [0.1, 0.15) is 0 Å². The highest BCUT2D eigenvalue weighted by molar-refractivity contribution is 7.85. The molecule has 0 radical (unpaired) electrons. The Kier molecular flexibility index (Phi) is 1.69. The van der Waals surface area contributed by atoms with E-state index in [0.717, 1.165) is 16.8 Å². The molecule has 2 aromatic carbocycles. The summed E-state index contributed by atoms with van der Waals surface area (Å²) in [6.07, 6.45) is 0. The average Bonchev–Trinajstić information content (AvgIpc) is 2.16. The zero-order chi connectivity index (χ0) is 11.3. The van der Waals surface area contributed by atoms with Crippen LogP contribution in [0.2, 0.25) is 0 Å². The Hall–Kier alpha value is -1.79. The van der Waals surface area contributed by atoms with Crippen LogP contribution >= 0.6 is 0 Å². The first-order valence-electron chi connectivity index (χ1n) is 4.52. The van der Waals surface area contributed by atoms with Gasteiger partial charge in [0, 0.05) is 5.39 Å². The van der Waals surface area contributed by atoms with E-state index in [1.165, 1.54) is 12.1 Å². The van der Waals surface area contributed by atoms with Crippen molar-refractivity contribution in [3.05, 3.63) is 30.3 Å². The van der Waals surface area contributed by atoms with Gasteiger partial charge < -0.3 is 0 Å². The van der Waals surface area contributed by atoms with Crippen molar-refractivity contribution in [2.24, 2.45) is 10.2 Å². The van der Waals surface area contributed by atoms with Crippen LogP contribution in [-0.2, 0) is 10.1 Å². The summed E-state index contributed by atoms with van der Waals surface area (Å²) in [6, 6.07) is 7.90. The molecule has 1 heterocycles. The van der Waals surface area contributed by atoms with Gasteiger partial charge in [0.15, 0.2) is 0 Å².